The summed E-state index contributed by atoms with van der Waals surface area (Å²) >= 11 is 0. The van der Waals surface area contributed by atoms with E-state index in [1.54, 1.807) is 37.4 Å². The second kappa shape index (κ2) is 3.73. The number of aliphatic carboxylic acids is 1. The average Bonchev–Trinajstić information content (AvgIpc) is 2.60. The van der Waals surface area contributed by atoms with E-state index < -0.39 is 5.97 Å². The number of nitrogens with one attached hydrogen (secondary N) is 1. The molecule has 82 valence electrons. The summed E-state index contributed by atoms with van der Waals surface area (Å²) in [6, 6.07) is 4.93. The van der Waals surface area contributed by atoms with Crippen LogP contribution in [0, 0.1) is 0 Å². The molecule has 1 aromatic carbocycles. The Balaban J connectivity index is 2.55. The van der Waals surface area contributed by atoms with E-state index in [1.165, 1.54) is 0 Å². The van der Waals surface area contributed by atoms with Crippen LogP contribution in [0.2, 0.25) is 0 Å². The van der Waals surface area contributed by atoms with Crippen molar-refractivity contribution in [3.8, 4) is 5.75 Å². The molecule has 2 aromatic rings. The van der Waals surface area contributed by atoms with Gasteiger partial charge in [0, 0.05) is 34.3 Å². The molecule has 0 atom stereocenters. The first-order chi connectivity index (χ1) is 7.58. The summed E-state index contributed by atoms with van der Waals surface area (Å²) in [7, 11) is 0. The fraction of sp³-hybridized carbons (Fsp3) is 0.0833. The van der Waals surface area contributed by atoms with Crippen molar-refractivity contribution in [2.75, 3.05) is 0 Å². The fourth-order valence-corrected chi connectivity index (χ4v) is 1.55. The van der Waals surface area contributed by atoms with Crippen LogP contribution >= 0.6 is 0 Å². The Morgan fingerprint density at radius 2 is 2.19 bits per heavy atom. The minimum absolute atomic E-state index is 0.180. The number of carboxylic acid groups (broad SMARTS) is 1. The molecule has 1 heterocycles. The third-order valence-electron chi connectivity index (χ3n) is 2.41. The van der Waals surface area contributed by atoms with Gasteiger partial charge in [0.15, 0.2) is 0 Å². The van der Waals surface area contributed by atoms with E-state index in [0.717, 1.165) is 16.5 Å². The lowest BCUT2D eigenvalue weighted by atomic mass is 10.1. The SMILES string of the molecule is C/C(=C\c1c[nH]c2cc(O)ccc12)C(=O)O. The number of fused-ring (bicyclic) bond motifs is 1. The quantitative estimate of drug-likeness (QED) is 0.676. The molecule has 0 bridgehead atoms. The van der Waals surface area contributed by atoms with Gasteiger partial charge in [-0.25, -0.2) is 4.79 Å². The molecule has 0 fully saturated rings. The highest BCUT2D eigenvalue weighted by Crippen LogP contribution is 2.24. The topological polar surface area (TPSA) is 73.3 Å². The fourth-order valence-electron chi connectivity index (χ4n) is 1.55. The van der Waals surface area contributed by atoms with Crippen molar-refractivity contribution < 1.29 is 15.0 Å². The predicted molar refractivity (Wildman–Crippen MR) is 61.3 cm³/mol. The highest BCUT2D eigenvalue weighted by atomic mass is 16.4. The Hall–Kier alpha value is -2.23. The van der Waals surface area contributed by atoms with Crippen molar-refractivity contribution in [2.45, 2.75) is 6.92 Å². The Bertz CT molecular complexity index is 581. The van der Waals surface area contributed by atoms with Gasteiger partial charge in [0.05, 0.1) is 0 Å². The molecule has 1 aromatic heterocycles. The predicted octanol–water partition coefficient (Wildman–Crippen LogP) is 2.36. The second-order valence-electron chi connectivity index (χ2n) is 3.61. The summed E-state index contributed by atoms with van der Waals surface area (Å²) in [5.74, 6) is -0.757. The summed E-state index contributed by atoms with van der Waals surface area (Å²) < 4.78 is 0. The Labute approximate surface area is 91.8 Å². The number of phenols is 1. The van der Waals surface area contributed by atoms with Crippen molar-refractivity contribution in [1.82, 2.24) is 4.98 Å². The third kappa shape index (κ3) is 1.77. The van der Waals surface area contributed by atoms with Crippen molar-refractivity contribution in [3.05, 3.63) is 35.5 Å². The van der Waals surface area contributed by atoms with Crippen molar-refractivity contribution in [3.63, 3.8) is 0 Å². The lowest BCUT2D eigenvalue weighted by molar-refractivity contribution is -0.132. The number of aromatic hydroxyl groups is 1. The number of hydrogen-bond donors (Lipinski definition) is 3. The van der Waals surface area contributed by atoms with E-state index >= 15 is 0 Å². The molecule has 0 aliphatic carbocycles. The summed E-state index contributed by atoms with van der Waals surface area (Å²) in [6.45, 7) is 1.54. The van der Waals surface area contributed by atoms with Crippen LogP contribution in [0.5, 0.6) is 5.75 Å². The van der Waals surface area contributed by atoms with E-state index in [1.807, 2.05) is 0 Å². The van der Waals surface area contributed by atoms with Gasteiger partial charge in [-0.05, 0) is 25.1 Å². The average molecular weight is 217 g/mol. The highest BCUT2D eigenvalue weighted by molar-refractivity contribution is 5.96. The molecule has 4 heteroatoms. The van der Waals surface area contributed by atoms with Crippen LogP contribution in [0.3, 0.4) is 0 Å². The number of rotatable bonds is 2. The molecule has 0 spiro atoms. The van der Waals surface area contributed by atoms with Crippen LogP contribution in [0.15, 0.2) is 30.0 Å². The molecule has 16 heavy (non-hydrogen) atoms. The van der Waals surface area contributed by atoms with Crippen LogP contribution < -0.4 is 0 Å². The maximum atomic E-state index is 10.7. The normalized spacial score (nSPS) is 11.9. The van der Waals surface area contributed by atoms with Crippen molar-refractivity contribution >= 4 is 22.9 Å². The largest absolute Gasteiger partial charge is 0.508 e. The number of hydrogen-bond acceptors (Lipinski definition) is 2. The molecule has 0 amide bonds. The van der Waals surface area contributed by atoms with Crippen LogP contribution in [-0.4, -0.2) is 21.2 Å². The van der Waals surface area contributed by atoms with Crippen molar-refractivity contribution in [2.24, 2.45) is 0 Å². The van der Waals surface area contributed by atoms with Crippen LogP contribution in [0.4, 0.5) is 0 Å². The maximum Gasteiger partial charge on any atom is 0.331 e. The third-order valence-corrected chi connectivity index (χ3v) is 2.41. The van der Waals surface area contributed by atoms with Crippen molar-refractivity contribution in [1.29, 1.82) is 0 Å². The molecule has 0 unspecified atom stereocenters. The minimum atomic E-state index is -0.937. The summed E-state index contributed by atoms with van der Waals surface area (Å²) in [4.78, 5) is 13.7. The number of carboxylic acids is 1. The summed E-state index contributed by atoms with van der Waals surface area (Å²) in [5, 5.41) is 18.9. The van der Waals surface area contributed by atoms with Gasteiger partial charge in [-0.2, -0.15) is 0 Å². The lowest BCUT2D eigenvalue weighted by Gasteiger charge is -1.95. The zero-order valence-electron chi connectivity index (χ0n) is 8.69. The van der Waals surface area contributed by atoms with Crippen LogP contribution in [0.25, 0.3) is 17.0 Å². The van der Waals surface area contributed by atoms with Crippen LogP contribution in [0.1, 0.15) is 12.5 Å². The number of aromatic nitrogens is 1. The minimum Gasteiger partial charge on any atom is -0.508 e. The van der Waals surface area contributed by atoms with Gasteiger partial charge in [-0.3, -0.25) is 0 Å². The highest BCUT2D eigenvalue weighted by Gasteiger charge is 2.05. The molecule has 2 rings (SSSR count). The number of phenolic OH excluding ortho intramolecular Hbond substituents is 1. The zero-order valence-corrected chi connectivity index (χ0v) is 8.69. The van der Waals surface area contributed by atoms with E-state index in [2.05, 4.69) is 4.98 Å². The van der Waals surface area contributed by atoms with E-state index in [9.17, 15) is 9.90 Å². The number of carbonyl (C=O) groups is 1. The van der Waals surface area contributed by atoms with Crippen LogP contribution in [-0.2, 0) is 4.79 Å². The Morgan fingerprint density at radius 3 is 2.88 bits per heavy atom. The maximum absolute atomic E-state index is 10.7. The first-order valence-corrected chi connectivity index (χ1v) is 4.79. The van der Waals surface area contributed by atoms with Gasteiger partial charge in [-0.1, -0.05) is 0 Å². The molecule has 4 nitrogen and oxygen atoms in total. The first kappa shape index (κ1) is 10.3. The monoisotopic (exact) mass is 217 g/mol. The summed E-state index contributed by atoms with van der Waals surface area (Å²) in [5.41, 5.74) is 1.85. The first-order valence-electron chi connectivity index (χ1n) is 4.79. The number of benzene rings is 1. The van der Waals surface area contributed by atoms with E-state index in [0.29, 0.717) is 0 Å². The Morgan fingerprint density at radius 1 is 1.44 bits per heavy atom. The number of H-pyrrole nitrogens is 1. The molecule has 0 radical (unpaired) electrons. The van der Waals surface area contributed by atoms with Gasteiger partial charge in [0.2, 0.25) is 0 Å². The molecular weight excluding hydrogens is 206 g/mol. The van der Waals surface area contributed by atoms with Gasteiger partial charge in [0.25, 0.3) is 0 Å². The molecule has 0 saturated carbocycles. The second-order valence-corrected chi connectivity index (χ2v) is 3.61. The van der Waals surface area contributed by atoms with E-state index in [4.69, 9.17) is 5.11 Å². The molecule has 0 saturated heterocycles. The molecule has 0 aliphatic heterocycles. The van der Waals surface area contributed by atoms with Gasteiger partial charge >= 0.3 is 5.97 Å². The Kier molecular flexibility index (Phi) is 2.40. The lowest BCUT2D eigenvalue weighted by Crippen LogP contribution is -1.94. The van der Waals surface area contributed by atoms with Gasteiger partial charge in [0.1, 0.15) is 5.75 Å². The van der Waals surface area contributed by atoms with Gasteiger partial charge in [-0.15, -0.1) is 0 Å². The standard InChI is InChI=1S/C12H11NO3/c1-7(12(15)16)4-8-6-13-11-5-9(14)2-3-10(8)11/h2-6,13-14H,1H3,(H,15,16)/b7-4+. The molecule has 3 N–H and O–H groups in total. The van der Waals surface area contributed by atoms with E-state index in [-0.39, 0.29) is 11.3 Å². The summed E-state index contributed by atoms with van der Waals surface area (Å²) in [6.07, 6.45) is 3.31. The molecular formula is C12H11NO3. The molecule has 0 aliphatic rings. The smallest absolute Gasteiger partial charge is 0.331 e. The number of aromatic amines is 1. The van der Waals surface area contributed by atoms with Gasteiger partial charge < -0.3 is 15.2 Å². The zero-order chi connectivity index (χ0) is 11.7.